The Balaban J connectivity index is 1.46. The van der Waals surface area contributed by atoms with E-state index in [1.54, 1.807) is 0 Å². The largest absolute Gasteiger partial charge is 0.477 e. The van der Waals surface area contributed by atoms with E-state index < -0.39 is 265 Å². The molecule has 5 aliphatic rings. The van der Waals surface area contributed by atoms with E-state index in [1.807, 2.05) is 0 Å². The molecule has 3 amide bonds. The number of carboxylic acids is 2. The standard InChI is InChI=1S/C75H133N3O34/c1-6-8-10-12-14-16-18-19-21-22-24-26-28-30-46(87)45(78-54(91)31-29-27-25-23-20-17-15-13-11-9-7-2)40-103-70-62(97)61(96)64(52(38-82)105-70)107-71-63(98)68(65(53(39-83)106-71)108-69-44(32-41(3)84)57(92)59(94)50(36-80)104-69)112-75(73(101)102)34-48(89)56(77-43(5)86)67(111-75)60(95)51(37-81)109-74(72(99)100)33-47(88)55(76-42(4)85)66(110-74)58(93)49(90)35-79/h44-53,55-71,79-83,87-90,92-98H,6-40H2,1-5H3,(H,76,85)(H,77,86)(H,78,91)(H,99,100)(H,101,102). The average molecular weight is 1620 g/mol. The second-order valence-electron chi connectivity index (χ2n) is 30.7. The maximum atomic E-state index is 14.2. The van der Waals surface area contributed by atoms with Gasteiger partial charge in [0.05, 0.1) is 82.2 Å². The summed E-state index contributed by atoms with van der Waals surface area (Å²) >= 11 is 0. The molecule has 5 saturated heterocycles. The molecule has 0 aromatic rings. The lowest BCUT2D eigenvalue weighted by Crippen LogP contribution is -2.72. The summed E-state index contributed by atoms with van der Waals surface area (Å²) in [6.07, 6.45) is -26.3. The van der Waals surface area contributed by atoms with Gasteiger partial charge in [0.1, 0.15) is 103 Å². The highest BCUT2D eigenvalue weighted by molar-refractivity contribution is 5.78. The third kappa shape index (κ3) is 28.9. The van der Waals surface area contributed by atoms with Crippen LogP contribution in [0.5, 0.6) is 0 Å². The summed E-state index contributed by atoms with van der Waals surface area (Å²) in [6, 6.07) is -4.86. The van der Waals surface area contributed by atoms with Gasteiger partial charge >= 0.3 is 11.9 Å². The maximum Gasteiger partial charge on any atom is 0.364 e. The topological polar surface area (TPSA) is 595 Å². The lowest BCUT2D eigenvalue weighted by atomic mass is 9.86. The number of nitrogens with one attached hydrogen (secondary N) is 3. The molecule has 0 bridgehead atoms. The van der Waals surface area contributed by atoms with Crippen molar-refractivity contribution in [1.29, 1.82) is 0 Å². The number of hydrogen-bond acceptors (Lipinski definition) is 32. The molecule has 5 aliphatic heterocycles. The number of ether oxygens (including phenoxy) is 10. The molecule has 21 N–H and O–H groups in total. The number of amides is 3. The highest BCUT2D eigenvalue weighted by Gasteiger charge is 2.64. The quantitative estimate of drug-likeness (QED) is 0.0295. The highest BCUT2D eigenvalue weighted by Crippen LogP contribution is 2.43. The van der Waals surface area contributed by atoms with E-state index in [0.29, 0.717) is 12.8 Å². The zero-order valence-electron chi connectivity index (χ0n) is 65.4. The van der Waals surface area contributed by atoms with Crippen LogP contribution in [0, 0.1) is 5.92 Å². The van der Waals surface area contributed by atoms with Crippen molar-refractivity contribution < 1.29 is 168 Å². The lowest BCUT2D eigenvalue weighted by Gasteiger charge is -2.52. The first kappa shape index (κ1) is 98.6. The van der Waals surface area contributed by atoms with Crippen molar-refractivity contribution in [2.45, 2.75) is 391 Å². The molecule has 0 saturated carbocycles. The number of Topliss-reactive ketones (excluding diaryl/α,β-unsaturated/α-hetero) is 1. The lowest BCUT2D eigenvalue weighted by molar-refractivity contribution is -0.404. The molecule has 0 spiro atoms. The number of unbranched alkanes of at least 4 members (excludes halogenated alkanes) is 22. The minimum absolute atomic E-state index is 0.138. The molecule has 112 heavy (non-hydrogen) atoms. The summed E-state index contributed by atoms with van der Waals surface area (Å²) in [4.78, 5) is 79.1. The van der Waals surface area contributed by atoms with Gasteiger partial charge in [-0.25, -0.2) is 9.59 Å². The van der Waals surface area contributed by atoms with Gasteiger partial charge in [0.15, 0.2) is 18.9 Å². The summed E-state index contributed by atoms with van der Waals surface area (Å²) in [5.41, 5.74) is 0. The van der Waals surface area contributed by atoms with Crippen molar-refractivity contribution >= 4 is 35.4 Å². The fourth-order valence-corrected chi connectivity index (χ4v) is 15.3. The molecular formula is C75H133N3O34. The van der Waals surface area contributed by atoms with E-state index in [0.717, 1.165) is 85.0 Å². The van der Waals surface area contributed by atoms with Crippen LogP contribution < -0.4 is 16.0 Å². The Labute approximate surface area is 654 Å². The summed E-state index contributed by atoms with van der Waals surface area (Å²) in [5.74, 6) is -15.8. The number of aliphatic hydroxyl groups excluding tert-OH is 16. The molecule has 652 valence electrons. The fraction of sp³-hybridized carbons (Fsp3) is 0.920. The highest BCUT2D eigenvalue weighted by atomic mass is 16.8. The molecule has 0 aliphatic carbocycles. The molecule has 0 aromatic heterocycles. The van der Waals surface area contributed by atoms with E-state index in [-0.39, 0.29) is 18.7 Å². The van der Waals surface area contributed by atoms with Crippen LogP contribution in [0.1, 0.15) is 221 Å². The van der Waals surface area contributed by atoms with Crippen LogP contribution in [0.4, 0.5) is 0 Å². The molecule has 0 radical (unpaired) electrons. The van der Waals surface area contributed by atoms with Crippen molar-refractivity contribution in [3.8, 4) is 0 Å². The van der Waals surface area contributed by atoms with E-state index in [4.69, 9.17) is 47.4 Å². The van der Waals surface area contributed by atoms with Crippen molar-refractivity contribution in [1.82, 2.24) is 16.0 Å². The van der Waals surface area contributed by atoms with Gasteiger partial charge in [-0.3, -0.25) is 14.4 Å². The van der Waals surface area contributed by atoms with Gasteiger partial charge in [0.2, 0.25) is 17.7 Å². The zero-order chi connectivity index (χ0) is 83.0. The van der Waals surface area contributed by atoms with Crippen molar-refractivity contribution in [2.75, 3.05) is 39.6 Å². The SMILES string of the molecule is CCCCCCCCCCCCCCCC(O)C(COC1OC(CO)C(OC2OC(CO)C(OC3OC(CO)C(O)C(O)C3CC(C)=O)C(OC3(C(=O)O)CC(O)C(NC(C)=O)C(C(O)C(CO)OC4(C(=O)O)CC(O)C(NC(C)=O)C(C(O)C(O)CO)O4)O3)C2O)C(O)C1O)NC(=O)CCCCCCCCCCCCC. The third-order valence-corrected chi connectivity index (χ3v) is 21.6. The molecular weight excluding hydrogens is 1490 g/mol. The Morgan fingerprint density at radius 2 is 0.920 bits per heavy atom. The number of ketones is 1. The second kappa shape index (κ2) is 50.0. The van der Waals surface area contributed by atoms with Crippen LogP contribution in [-0.4, -0.2) is 338 Å². The number of carbonyl (C=O) groups is 6. The predicted octanol–water partition coefficient (Wildman–Crippen LogP) is -1.94. The van der Waals surface area contributed by atoms with Crippen LogP contribution in [0.2, 0.25) is 0 Å². The van der Waals surface area contributed by atoms with E-state index in [1.165, 1.54) is 77.0 Å². The number of carbonyl (C=O) groups excluding carboxylic acids is 4. The molecule has 5 rings (SSSR count). The van der Waals surface area contributed by atoms with Gasteiger partial charge in [0, 0.05) is 45.4 Å². The zero-order valence-corrected chi connectivity index (χ0v) is 65.4. The molecule has 37 nitrogen and oxygen atoms in total. The van der Waals surface area contributed by atoms with Crippen LogP contribution in [-0.2, 0) is 76.1 Å². The van der Waals surface area contributed by atoms with Crippen LogP contribution in [0.3, 0.4) is 0 Å². The third-order valence-electron chi connectivity index (χ3n) is 21.6. The van der Waals surface area contributed by atoms with Crippen LogP contribution >= 0.6 is 0 Å². The Bertz CT molecular complexity index is 2740. The molecule has 37 heteroatoms. The first-order chi connectivity index (χ1) is 53.3. The summed E-state index contributed by atoms with van der Waals surface area (Å²) in [6.45, 7) is 0.749. The van der Waals surface area contributed by atoms with Gasteiger partial charge in [-0.05, 0) is 19.8 Å². The number of aliphatic carboxylic acids is 2. The van der Waals surface area contributed by atoms with Crippen molar-refractivity contribution in [3.63, 3.8) is 0 Å². The molecule has 29 unspecified atom stereocenters. The first-order valence-electron chi connectivity index (χ1n) is 40.3. The number of hydrogen-bond donors (Lipinski definition) is 21. The van der Waals surface area contributed by atoms with E-state index >= 15 is 0 Å². The number of rotatable bonds is 54. The van der Waals surface area contributed by atoms with Gasteiger partial charge in [-0.2, -0.15) is 0 Å². The van der Waals surface area contributed by atoms with Gasteiger partial charge in [-0.15, -0.1) is 0 Å². The van der Waals surface area contributed by atoms with Gasteiger partial charge in [-0.1, -0.05) is 162 Å². The van der Waals surface area contributed by atoms with Crippen LogP contribution in [0.25, 0.3) is 0 Å². The molecule has 5 fully saturated rings. The second-order valence-corrected chi connectivity index (χ2v) is 30.7. The summed E-state index contributed by atoms with van der Waals surface area (Å²) < 4.78 is 60.1. The monoisotopic (exact) mass is 1620 g/mol. The van der Waals surface area contributed by atoms with Gasteiger partial charge < -0.3 is 160 Å². The number of carboxylic acid groups (broad SMARTS) is 2. The Morgan fingerprint density at radius 3 is 1.39 bits per heavy atom. The Hall–Kier alpha value is -4.02. The molecule has 5 heterocycles. The van der Waals surface area contributed by atoms with Crippen molar-refractivity contribution in [3.05, 3.63) is 0 Å². The summed E-state index contributed by atoms with van der Waals surface area (Å²) in [7, 11) is 0. The van der Waals surface area contributed by atoms with E-state index in [2.05, 4.69) is 29.8 Å². The Kier molecular flexibility index (Phi) is 44.0. The first-order valence-corrected chi connectivity index (χ1v) is 40.3. The molecule has 0 aromatic carbocycles. The van der Waals surface area contributed by atoms with Crippen molar-refractivity contribution in [2.24, 2.45) is 5.92 Å². The minimum Gasteiger partial charge on any atom is -0.477 e. The van der Waals surface area contributed by atoms with Crippen LogP contribution in [0.15, 0.2) is 0 Å². The van der Waals surface area contributed by atoms with Gasteiger partial charge in [0.25, 0.3) is 11.6 Å². The fourth-order valence-electron chi connectivity index (χ4n) is 15.3. The van der Waals surface area contributed by atoms with E-state index in [9.17, 15) is 121 Å². The molecule has 29 atom stereocenters. The maximum absolute atomic E-state index is 14.2. The predicted molar refractivity (Wildman–Crippen MR) is 390 cm³/mol. The smallest absolute Gasteiger partial charge is 0.364 e. The Morgan fingerprint density at radius 1 is 0.473 bits per heavy atom. The summed E-state index contributed by atoms with van der Waals surface area (Å²) in [5, 5.41) is 211. The average Bonchev–Trinajstić information content (AvgIpc) is 0.750. The normalized spacial score (nSPS) is 34.0. The minimum atomic E-state index is -3.57. The number of aliphatic hydroxyl groups is 16.